The van der Waals surface area contributed by atoms with E-state index >= 15 is 0 Å². The van der Waals surface area contributed by atoms with Crippen LogP contribution in [0.15, 0.2) is 30.0 Å². The lowest BCUT2D eigenvalue weighted by Crippen LogP contribution is -2.23. The molecule has 6 heteroatoms. The molecule has 0 unspecified atom stereocenters. The molecular weight excluding hydrogens is 248 g/mol. The SMILES string of the molecule is CCNc1ccc(C(=O)NCc2cncs2)nc1. The first-order valence-corrected chi connectivity index (χ1v) is 6.53. The number of amides is 1. The lowest BCUT2D eigenvalue weighted by Gasteiger charge is -2.05. The molecule has 0 bridgehead atoms. The molecule has 1 amide bonds. The second-order valence-electron chi connectivity index (χ2n) is 3.61. The number of anilines is 1. The number of hydrogen-bond acceptors (Lipinski definition) is 5. The van der Waals surface area contributed by atoms with Crippen molar-refractivity contribution in [3.8, 4) is 0 Å². The standard InChI is InChI=1S/C12H14N4OS/c1-2-14-9-3-4-11(15-5-9)12(17)16-7-10-6-13-8-18-10/h3-6,8,14H,2,7H2,1H3,(H,16,17). The number of thiazole rings is 1. The second kappa shape index (κ2) is 6.11. The summed E-state index contributed by atoms with van der Waals surface area (Å²) in [6.07, 6.45) is 3.40. The van der Waals surface area contributed by atoms with E-state index in [9.17, 15) is 4.79 Å². The molecule has 0 aliphatic heterocycles. The summed E-state index contributed by atoms with van der Waals surface area (Å²) in [5.41, 5.74) is 3.07. The van der Waals surface area contributed by atoms with Crippen molar-refractivity contribution < 1.29 is 4.79 Å². The third kappa shape index (κ3) is 3.27. The predicted molar refractivity (Wildman–Crippen MR) is 71.7 cm³/mol. The number of rotatable bonds is 5. The predicted octanol–water partition coefficient (Wildman–Crippen LogP) is 1.90. The van der Waals surface area contributed by atoms with E-state index in [4.69, 9.17) is 0 Å². The van der Waals surface area contributed by atoms with Gasteiger partial charge in [0.05, 0.1) is 23.9 Å². The maximum absolute atomic E-state index is 11.8. The summed E-state index contributed by atoms with van der Waals surface area (Å²) in [6, 6.07) is 3.55. The van der Waals surface area contributed by atoms with Gasteiger partial charge in [0, 0.05) is 17.6 Å². The highest BCUT2D eigenvalue weighted by molar-refractivity contribution is 7.09. The van der Waals surface area contributed by atoms with Gasteiger partial charge in [-0.3, -0.25) is 9.78 Å². The van der Waals surface area contributed by atoms with Gasteiger partial charge >= 0.3 is 0 Å². The van der Waals surface area contributed by atoms with Crippen molar-refractivity contribution in [2.75, 3.05) is 11.9 Å². The Labute approximate surface area is 109 Å². The van der Waals surface area contributed by atoms with Gasteiger partial charge in [-0.25, -0.2) is 4.98 Å². The van der Waals surface area contributed by atoms with Crippen molar-refractivity contribution in [1.82, 2.24) is 15.3 Å². The zero-order valence-corrected chi connectivity index (χ0v) is 10.8. The average Bonchev–Trinajstić information content (AvgIpc) is 2.90. The van der Waals surface area contributed by atoms with Crippen LogP contribution in [-0.4, -0.2) is 22.4 Å². The van der Waals surface area contributed by atoms with Crippen LogP contribution in [0.4, 0.5) is 5.69 Å². The Morgan fingerprint density at radius 2 is 2.28 bits per heavy atom. The van der Waals surface area contributed by atoms with Gasteiger partial charge in [0.2, 0.25) is 0 Å². The largest absolute Gasteiger partial charge is 0.384 e. The van der Waals surface area contributed by atoms with E-state index in [1.165, 1.54) is 11.3 Å². The number of carbonyl (C=O) groups excluding carboxylic acids is 1. The van der Waals surface area contributed by atoms with E-state index in [1.807, 2.05) is 13.0 Å². The molecule has 0 atom stereocenters. The molecule has 0 saturated heterocycles. The molecule has 2 heterocycles. The third-order valence-corrected chi connectivity index (χ3v) is 3.06. The van der Waals surface area contributed by atoms with Crippen molar-refractivity contribution >= 4 is 22.9 Å². The minimum atomic E-state index is -0.175. The monoisotopic (exact) mass is 262 g/mol. The Balaban J connectivity index is 1.92. The quantitative estimate of drug-likeness (QED) is 0.863. The van der Waals surface area contributed by atoms with Gasteiger partial charge in [0.25, 0.3) is 5.91 Å². The highest BCUT2D eigenvalue weighted by Crippen LogP contribution is 2.07. The maximum Gasteiger partial charge on any atom is 0.270 e. The normalized spacial score (nSPS) is 10.1. The Kier molecular flexibility index (Phi) is 4.25. The fraction of sp³-hybridized carbons (Fsp3) is 0.250. The number of nitrogens with one attached hydrogen (secondary N) is 2. The van der Waals surface area contributed by atoms with Crippen LogP contribution in [0.25, 0.3) is 0 Å². The minimum Gasteiger partial charge on any atom is -0.384 e. The van der Waals surface area contributed by atoms with Crippen LogP contribution in [0.5, 0.6) is 0 Å². The summed E-state index contributed by atoms with van der Waals surface area (Å²) in [5.74, 6) is -0.175. The summed E-state index contributed by atoms with van der Waals surface area (Å²) in [6.45, 7) is 3.33. The Morgan fingerprint density at radius 3 is 2.89 bits per heavy atom. The maximum atomic E-state index is 11.8. The Morgan fingerprint density at radius 1 is 1.39 bits per heavy atom. The molecular formula is C12H14N4OS. The molecule has 0 fully saturated rings. The van der Waals surface area contributed by atoms with Gasteiger partial charge in [0.1, 0.15) is 5.69 Å². The Hall–Kier alpha value is -1.95. The van der Waals surface area contributed by atoms with Gasteiger partial charge in [0.15, 0.2) is 0 Å². The fourth-order valence-corrected chi connectivity index (χ4v) is 1.96. The zero-order valence-electron chi connectivity index (χ0n) is 10.0. The molecule has 0 aromatic carbocycles. The van der Waals surface area contributed by atoms with Crippen LogP contribution in [0.1, 0.15) is 22.3 Å². The smallest absolute Gasteiger partial charge is 0.270 e. The average molecular weight is 262 g/mol. The van der Waals surface area contributed by atoms with Crippen LogP contribution in [-0.2, 0) is 6.54 Å². The van der Waals surface area contributed by atoms with Gasteiger partial charge in [-0.15, -0.1) is 11.3 Å². The first kappa shape index (κ1) is 12.5. The number of hydrogen-bond donors (Lipinski definition) is 2. The third-order valence-electron chi connectivity index (χ3n) is 2.28. The summed E-state index contributed by atoms with van der Waals surface area (Å²) in [7, 11) is 0. The first-order chi connectivity index (χ1) is 8.79. The molecule has 18 heavy (non-hydrogen) atoms. The summed E-state index contributed by atoms with van der Waals surface area (Å²) in [4.78, 5) is 20.9. The van der Waals surface area contributed by atoms with Crippen LogP contribution < -0.4 is 10.6 Å². The van der Waals surface area contributed by atoms with Gasteiger partial charge in [-0.05, 0) is 19.1 Å². The van der Waals surface area contributed by atoms with Gasteiger partial charge in [-0.2, -0.15) is 0 Å². The highest BCUT2D eigenvalue weighted by atomic mass is 32.1. The van der Waals surface area contributed by atoms with E-state index in [-0.39, 0.29) is 5.91 Å². The number of pyridine rings is 1. The molecule has 2 rings (SSSR count). The molecule has 2 aromatic heterocycles. The fourth-order valence-electron chi connectivity index (χ4n) is 1.42. The minimum absolute atomic E-state index is 0.175. The second-order valence-corrected chi connectivity index (χ2v) is 4.58. The summed E-state index contributed by atoms with van der Waals surface area (Å²) >= 11 is 1.51. The van der Waals surface area contributed by atoms with E-state index in [0.29, 0.717) is 12.2 Å². The van der Waals surface area contributed by atoms with Crippen LogP contribution in [0.2, 0.25) is 0 Å². The van der Waals surface area contributed by atoms with E-state index < -0.39 is 0 Å². The summed E-state index contributed by atoms with van der Waals surface area (Å²) < 4.78 is 0. The van der Waals surface area contributed by atoms with Crippen molar-refractivity contribution in [2.24, 2.45) is 0 Å². The van der Waals surface area contributed by atoms with E-state index in [2.05, 4.69) is 20.6 Å². The van der Waals surface area contributed by atoms with Crippen molar-refractivity contribution in [3.05, 3.63) is 40.6 Å². The van der Waals surface area contributed by atoms with Gasteiger partial charge in [-0.1, -0.05) is 0 Å². The molecule has 0 spiro atoms. The molecule has 94 valence electrons. The molecule has 0 aliphatic rings. The molecule has 0 aliphatic carbocycles. The zero-order chi connectivity index (χ0) is 12.8. The number of nitrogens with zero attached hydrogens (tertiary/aromatic N) is 2. The molecule has 2 N–H and O–H groups in total. The Bertz CT molecular complexity index is 495. The van der Waals surface area contributed by atoms with E-state index in [0.717, 1.165) is 17.1 Å². The van der Waals surface area contributed by atoms with Crippen LogP contribution in [0, 0.1) is 0 Å². The van der Waals surface area contributed by atoms with Gasteiger partial charge < -0.3 is 10.6 Å². The van der Waals surface area contributed by atoms with Crippen molar-refractivity contribution in [1.29, 1.82) is 0 Å². The lowest BCUT2D eigenvalue weighted by molar-refractivity contribution is 0.0946. The summed E-state index contributed by atoms with van der Waals surface area (Å²) in [5, 5.41) is 5.93. The number of carbonyl (C=O) groups is 1. The van der Waals surface area contributed by atoms with Crippen LogP contribution >= 0.6 is 11.3 Å². The molecule has 2 aromatic rings. The molecule has 5 nitrogen and oxygen atoms in total. The topological polar surface area (TPSA) is 66.9 Å². The lowest BCUT2D eigenvalue weighted by atomic mass is 10.3. The highest BCUT2D eigenvalue weighted by Gasteiger charge is 2.06. The molecule has 0 saturated carbocycles. The van der Waals surface area contributed by atoms with E-state index in [1.54, 1.807) is 24.0 Å². The van der Waals surface area contributed by atoms with Crippen LogP contribution in [0.3, 0.4) is 0 Å². The molecule has 0 radical (unpaired) electrons. The van der Waals surface area contributed by atoms with Crippen molar-refractivity contribution in [3.63, 3.8) is 0 Å². The first-order valence-electron chi connectivity index (χ1n) is 5.65. The number of aromatic nitrogens is 2. The van der Waals surface area contributed by atoms with Crippen molar-refractivity contribution in [2.45, 2.75) is 13.5 Å².